The van der Waals surface area contributed by atoms with E-state index in [1.54, 1.807) is 0 Å². The van der Waals surface area contributed by atoms with E-state index in [0.717, 1.165) is 0 Å². The molecule has 0 unspecified atom stereocenters. The third-order valence-corrected chi connectivity index (χ3v) is 0.902. The number of rotatable bonds is 2. The van der Waals surface area contributed by atoms with Crippen LogP contribution in [0.1, 0.15) is 47.5 Å². The van der Waals surface area contributed by atoms with E-state index in [-0.39, 0.29) is 5.60 Å². The lowest BCUT2D eigenvalue weighted by molar-refractivity contribution is -0.138. The summed E-state index contributed by atoms with van der Waals surface area (Å²) in [4.78, 5) is 9.60. The molecular weight excluding hydrogens is 140 g/mol. The van der Waals surface area contributed by atoms with Crippen LogP contribution in [0, 0.1) is 0 Å². The molecule has 0 radical (unpaired) electrons. The summed E-state index contributed by atoms with van der Waals surface area (Å²) in [6, 6.07) is 0. The van der Waals surface area contributed by atoms with Gasteiger partial charge in [0.1, 0.15) is 5.60 Å². The van der Waals surface area contributed by atoms with E-state index < -0.39 is 0 Å². The normalized spacial score (nSPS) is 9.55. The Kier molecular flexibility index (Phi) is 9.01. The molecule has 2 heteroatoms. The first-order valence-corrected chi connectivity index (χ1v) is 4.09. The van der Waals surface area contributed by atoms with Crippen molar-refractivity contribution in [1.82, 2.24) is 0 Å². The van der Waals surface area contributed by atoms with Crippen LogP contribution >= 0.6 is 0 Å². The molecule has 0 aromatic rings. The standard InChI is InChI=1S/C5H10O2.C4H10/c1-5(2,3)7-4-6;1-3-4-2/h4H,1-3H3;3-4H2,1-2H3. The minimum Gasteiger partial charge on any atom is -0.462 e. The Labute approximate surface area is 69.9 Å². The van der Waals surface area contributed by atoms with E-state index in [1.807, 2.05) is 20.8 Å². The van der Waals surface area contributed by atoms with E-state index in [4.69, 9.17) is 0 Å². The van der Waals surface area contributed by atoms with Crippen molar-refractivity contribution in [1.29, 1.82) is 0 Å². The molecule has 2 nitrogen and oxygen atoms in total. The first-order chi connectivity index (χ1) is 4.97. The highest BCUT2D eigenvalue weighted by molar-refractivity contribution is 5.37. The Bertz CT molecular complexity index is 80.1. The fourth-order valence-electron chi connectivity index (χ4n) is 0.144. The maximum absolute atomic E-state index is 9.60. The first kappa shape index (κ1) is 13.1. The molecule has 0 aromatic carbocycles. The smallest absolute Gasteiger partial charge is 0.293 e. The molecule has 0 aliphatic carbocycles. The number of unbranched alkanes of at least 4 members (excludes halogenated alkanes) is 1. The molecule has 0 fully saturated rings. The third kappa shape index (κ3) is 26.4. The second-order valence-electron chi connectivity index (χ2n) is 3.33. The van der Waals surface area contributed by atoms with Crippen molar-refractivity contribution >= 4 is 6.47 Å². The highest BCUT2D eigenvalue weighted by Gasteiger charge is 2.07. The van der Waals surface area contributed by atoms with Crippen LogP contribution in [0.3, 0.4) is 0 Å². The Balaban J connectivity index is 0. The van der Waals surface area contributed by atoms with Crippen molar-refractivity contribution in [2.75, 3.05) is 0 Å². The maximum atomic E-state index is 9.60. The van der Waals surface area contributed by atoms with Gasteiger partial charge in [-0.15, -0.1) is 0 Å². The van der Waals surface area contributed by atoms with Crippen molar-refractivity contribution in [2.45, 2.75) is 53.1 Å². The van der Waals surface area contributed by atoms with Gasteiger partial charge < -0.3 is 4.74 Å². The van der Waals surface area contributed by atoms with Crippen molar-refractivity contribution in [3.8, 4) is 0 Å². The molecule has 0 bridgehead atoms. The second-order valence-corrected chi connectivity index (χ2v) is 3.33. The molecule has 0 aliphatic rings. The number of carbonyl (C=O) groups is 1. The van der Waals surface area contributed by atoms with Crippen LogP contribution in [-0.4, -0.2) is 12.1 Å². The molecular formula is C9H20O2. The van der Waals surface area contributed by atoms with E-state index in [9.17, 15) is 4.79 Å². The predicted molar refractivity (Wildman–Crippen MR) is 47.5 cm³/mol. The molecule has 0 amide bonds. The SMILES string of the molecule is CC(C)(C)OC=O.CCCC. The number of hydrogen-bond donors (Lipinski definition) is 0. The minimum absolute atomic E-state index is 0.318. The third-order valence-electron chi connectivity index (χ3n) is 0.902. The van der Waals surface area contributed by atoms with Crippen LogP contribution in [0.25, 0.3) is 0 Å². The summed E-state index contributed by atoms with van der Waals surface area (Å²) in [6.07, 6.45) is 2.64. The zero-order valence-electron chi connectivity index (χ0n) is 8.31. The Hall–Kier alpha value is -0.530. The van der Waals surface area contributed by atoms with Gasteiger partial charge in [0.25, 0.3) is 6.47 Å². The largest absolute Gasteiger partial charge is 0.462 e. The number of ether oxygens (including phenoxy) is 1. The zero-order chi connectivity index (χ0) is 9.33. The van der Waals surface area contributed by atoms with Crippen LogP contribution in [0.4, 0.5) is 0 Å². The summed E-state index contributed by atoms with van der Waals surface area (Å²) >= 11 is 0. The summed E-state index contributed by atoms with van der Waals surface area (Å²) < 4.78 is 4.55. The first-order valence-electron chi connectivity index (χ1n) is 4.09. The van der Waals surface area contributed by atoms with Crippen LogP contribution < -0.4 is 0 Å². The molecule has 0 spiro atoms. The van der Waals surface area contributed by atoms with Crippen molar-refractivity contribution < 1.29 is 9.53 Å². The van der Waals surface area contributed by atoms with Crippen molar-refractivity contribution in [2.24, 2.45) is 0 Å². The second kappa shape index (κ2) is 7.58. The van der Waals surface area contributed by atoms with E-state index in [2.05, 4.69) is 18.6 Å². The number of carbonyl (C=O) groups excluding carboxylic acids is 1. The fourth-order valence-corrected chi connectivity index (χ4v) is 0.144. The number of hydrogen-bond acceptors (Lipinski definition) is 2. The van der Waals surface area contributed by atoms with E-state index in [0.29, 0.717) is 6.47 Å². The van der Waals surface area contributed by atoms with Gasteiger partial charge in [0.15, 0.2) is 0 Å². The average Bonchev–Trinajstić information content (AvgIpc) is 1.86. The van der Waals surface area contributed by atoms with Gasteiger partial charge in [0.2, 0.25) is 0 Å². The van der Waals surface area contributed by atoms with Gasteiger partial charge in [-0.25, -0.2) is 0 Å². The maximum Gasteiger partial charge on any atom is 0.293 e. The molecule has 0 heterocycles. The monoisotopic (exact) mass is 160 g/mol. The molecule has 0 aliphatic heterocycles. The highest BCUT2D eigenvalue weighted by atomic mass is 16.5. The molecule has 0 aromatic heterocycles. The van der Waals surface area contributed by atoms with Gasteiger partial charge in [0, 0.05) is 0 Å². The predicted octanol–water partition coefficient (Wildman–Crippen LogP) is 2.76. The average molecular weight is 160 g/mol. The summed E-state index contributed by atoms with van der Waals surface area (Å²) in [5.41, 5.74) is -0.318. The van der Waals surface area contributed by atoms with Crippen molar-refractivity contribution in [3.63, 3.8) is 0 Å². The molecule has 0 saturated heterocycles. The summed E-state index contributed by atoms with van der Waals surface area (Å²) in [5.74, 6) is 0. The van der Waals surface area contributed by atoms with Gasteiger partial charge in [-0.2, -0.15) is 0 Å². The fraction of sp³-hybridized carbons (Fsp3) is 0.889. The van der Waals surface area contributed by atoms with Gasteiger partial charge >= 0.3 is 0 Å². The molecule has 0 N–H and O–H groups in total. The molecule has 0 saturated carbocycles. The Morgan fingerprint density at radius 2 is 1.55 bits per heavy atom. The van der Waals surface area contributed by atoms with E-state index >= 15 is 0 Å². The lowest BCUT2D eigenvalue weighted by Crippen LogP contribution is -2.17. The van der Waals surface area contributed by atoms with Gasteiger partial charge in [-0.1, -0.05) is 26.7 Å². The zero-order valence-corrected chi connectivity index (χ0v) is 8.31. The molecule has 68 valence electrons. The van der Waals surface area contributed by atoms with Gasteiger partial charge in [-0.3, -0.25) is 4.79 Å². The summed E-state index contributed by atoms with van der Waals surface area (Å²) in [6.45, 7) is 10.3. The van der Waals surface area contributed by atoms with Crippen LogP contribution in [0.5, 0.6) is 0 Å². The van der Waals surface area contributed by atoms with Crippen LogP contribution in [0.15, 0.2) is 0 Å². The Morgan fingerprint density at radius 1 is 1.18 bits per heavy atom. The van der Waals surface area contributed by atoms with Gasteiger partial charge in [-0.05, 0) is 20.8 Å². The van der Waals surface area contributed by atoms with Gasteiger partial charge in [0.05, 0.1) is 0 Å². The van der Waals surface area contributed by atoms with Crippen molar-refractivity contribution in [3.05, 3.63) is 0 Å². The van der Waals surface area contributed by atoms with Crippen LogP contribution in [-0.2, 0) is 9.53 Å². The minimum atomic E-state index is -0.318. The highest BCUT2D eigenvalue weighted by Crippen LogP contribution is 2.02. The molecule has 0 atom stereocenters. The molecule has 0 rings (SSSR count). The van der Waals surface area contributed by atoms with E-state index in [1.165, 1.54) is 12.8 Å². The summed E-state index contributed by atoms with van der Waals surface area (Å²) in [5, 5.41) is 0. The quantitative estimate of drug-likeness (QED) is 0.580. The lowest BCUT2D eigenvalue weighted by Gasteiger charge is -2.14. The molecule has 11 heavy (non-hydrogen) atoms. The van der Waals surface area contributed by atoms with Crippen LogP contribution in [0.2, 0.25) is 0 Å². The lowest BCUT2D eigenvalue weighted by atomic mass is 10.2. The Morgan fingerprint density at radius 3 is 1.55 bits per heavy atom. The summed E-state index contributed by atoms with van der Waals surface area (Å²) in [7, 11) is 0. The topological polar surface area (TPSA) is 26.3 Å².